The number of benzene rings is 2. The standard InChI is InChI=1S/C16H12ClNO4/c17-16-8(7-18)2-1-3-10(16)13-6-12(21)15-11(20)4-9(19)5-14(15)22-13/h1-6,19-20H,7,18H2. The molecule has 22 heavy (non-hydrogen) atoms. The first kappa shape index (κ1) is 14.4. The highest BCUT2D eigenvalue weighted by atomic mass is 35.5. The van der Waals surface area contributed by atoms with Crippen LogP contribution in [0.3, 0.4) is 0 Å². The fourth-order valence-corrected chi connectivity index (χ4v) is 2.61. The average Bonchev–Trinajstić information content (AvgIpc) is 2.46. The first-order chi connectivity index (χ1) is 10.5. The molecule has 0 radical (unpaired) electrons. The Bertz CT molecular complexity index is 933. The fraction of sp³-hybridized carbons (Fsp3) is 0.0625. The molecular weight excluding hydrogens is 306 g/mol. The zero-order chi connectivity index (χ0) is 15.9. The minimum absolute atomic E-state index is 0.00709. The maximum Gasteiger partial charge on any atom is 0.197 e. The van der Waals surface area contributed by atoms with Crippen LogP contribution in [-0.2, 0) is 6.54 Å². The van der Waals surface area contributed by atoms with Crippen LogP contribution in [0.4, 0.5) is 0 Å². The van der Waals surface area contributed by atoms with Crippen molar-refractivity contribution < 1.29 is 14.6 Å². The third kappa shape index (κ3) is 2.30. The molecule has 3 aromatic rings. The van der Waals surface area contributed by atoms with Crippen LogP contribution >= 0.6 is 11.6 Å². The number of hydrogen-bond acceptors (Lipinski definition) is 5. The van der Waals surface area contributed by atoms with E-state index in [-0.39, 0.29) is 34.8 Å². The molecule has 0 fully saturated rings. The molecule has 1 aromatic heterocycles. The fourth-order valence-electron chi connectivity index (χ4n) is 2.31. The number of phenols is 2. The number of aromatic hydroxyl groups is 2. The summed E-state index contributed by atoms with van der Waals surface area (Å²) >= 11 is 6.27. The predicted octanol–water partition coefficient (Wildman–Crippen LogP) is 2.98. The van der Waals surface area contributed by atoms with Gasteiger partial charge < -0.3 is 20.4 Å². The molecule has 0 atom stereocenters. The maximum atomic E-state index is 12.2. The summed E-state index contributed by atoms with van der Waals surface area (Å²) < 4.78 is 5.63. The van der Waals surface area contributed by atoms with E-state index < -0.39 is 5.43 Å². The van der Waals surface area contributed by atoms with Crippen LogP contribution in [0.5, 0.6) is 11.5 Å². The summed E-state index contributed by atoms with van der Waals surface area (Å²) in [6, 6.07) is 8.84. The first-order valence-electron chi connectivity index (χ1n) is 6.49. The molecule has 1 heterocycles. The summed E-state index contributed by atoms with van der Waals surface area (Å²) in [5.41, 5.74) is 6.51. The largest absolute Gasteiger partial charge is 0.508 e. The molecule has 2 aromatic carbocycles. The van der Waals surface area contributed by atoms with Gasteiger partial charge in [-0.3, -0.25) is 4.79 Å². The van der Waals surface area contributed by atoms with Crippen molar-refractivity contribution >= 4 is 22.6 Å². The lowest BCUT2D eigenvalue weighted by Gasteiger charge is -2.09. The van der Waals surface area contributed by atoms with Gasteiger partial charge in [0.1, 0.15) is 28.2 Å². The summed E-state index contributed by atoms with van der Waals surface area (Å²) in [6.07, 6.45) is 0. The molecule has 0 bridgehead atoms. The van der Waals surface area contributed by atoms with Gasteiger partial charge in [-0.25, -0.2) is 0 Å². The molecule has 3 rings (SSSR count). The van der Waals surface area contributed by atoms with Gasteiger partial charge in [0.05, 0.1) is 5.02 Å². The van der Waals surface area contributed by atoms with Crippen LogP contribution in [0.15, 0.2) is 45.6 Å². The second-order valence-electron chi connectivity index (χ2n) is 4.80. The number of nitrogens with two attached hydrogens (primary N) is 1. The number of rotatable bonds is 2. The third-order valence-corrected chi connectivity index (χ3v) is 3.81. The Labute approximate surface area is 130 Å². The van der Waals surface area contributed by atoms with E-state index in [1.807, 2.05) is 0 Å². The van der Waals surface area contributed by atoms with E-state index in [1.54, 1.807) is 18.2 Å². The van der Waals surface area contributed by atoms with E-state index in [0.29, 0.717) is 10.6 Å². The molecule has 5 nitrogen and oxygen atoms in total. The number of fused-ring (bicyclic) bond motifs is 1. The average molecular weight is 318 g/mol. The monoisotopic (exact) mass is 317 g/mol. The van der Waals surface area contributed by atoms with Crippen LogP contribution in [0.25, 0.3) is 22.3 Å². The molecule has 4 N–H and O–H groups in total. The van der Waals surface area contributed by atoms with Crippen molar-refractivity contribution in [3.8, 4) is 22.8 Å². The van der Waals surface area contributed by atoms with E-state index in [2.05, 4.69) is 0 Å². The highest BCUT2D eigenvalue weighted by molar-refractivity contribution is 6.34. The molecule has 112 valence electrons. The molecule has 0 unspecified atom stereocenters. The zero-order valence-electron chi connectivity index (χ0n) is 11.3. The quantitative estimate of drug-likeness (QED) is 0.675. The second-order valence-corrected chi connectivity index (χ2v) is 5.17. The summed E-state index contributed by atoms with van der Waals surface area (Å²) in [4.78, 5) is 12.2. The van der Waals surface area contributed by atoms with Crippen molar-refractivity contribution in [2.75, 3.05) is 0 Å². The molecule has 0 spiro atoms. The molecule has 0 aliphatic rings. The van der Waals surface area contributed by atoms with Gasteiger partial charge in [-0.2, -0.15) is 0 Å². The van der Waals surface area contributed by atoms with E-state index >= 15 is 0 Å². The van der Waals surface area contributed by atoms with Crippen LogP contribution in [0.1, 0.15) is 5.56 Å². The van der Waals surface area contributed by atoms with Crippen LogP contribution in [0, 0.1) is 0 Å². The van der Waals surface area contributed by atoms with Gasteiger partial charge in [-0.05, 0) is 11.6 Å². The first-order valence-corrected chi connectivity index (χ1v) is 6.86. The summed E-state index contributed by atoms with van der Waals surface area (Å²) in [7, 11) is 0. The molecular formula is C16H12ClNO4. The summed E-state index contributed by atoms with van der Waals surface area (Å²) in [6.45, 7) is 0.256. The van der Waals surface area contributed by atoms with Gasteiger partial charge in [-0.1, -0.05) is 23.7 Å². The van der Waals surface area contributed by atoms with Crippen LogP contribution < -0.4 is 11.2 Å². The number of phenolic OH excluding ortho intramolecular Hbond substituents is 2. The molecule has 0 saturated carbocycles. The molecule has 0 amide bonds. The number of hydrogen-bond donors (Lipinski definition) is 3. The Morgan fingerprint density at radius 3 is 2.68 bits per heavy atom. The Morgan fingerprint density at radius 2 is 1.95 bits per heavy atom. The van der Waals surface area contributed by atoms with Gasteiger partial charge in [0, 0.05) is 30.3 Å². The van der Waals surface area contributed by atoms with Crippen molar-refractivity contribution in [3.63, 3.8) is 0 Å². The van der Waals surface area contributed by atoms with Crippen molar-refractivity contribution in [1.29, 1.82) is 0 Å². The molecule has 6 heteroatoms. The molecule has 0 saturated heterocycles. The minimum Gasteiger partial charge on any atom is -0.508 e. The lowest BCUT2D eigenvalue weighted by Crippen LogP contribution is -2.02. The van der Waals surface area contributed by atoms with Gasteiger partial charge in [0.15, 0.2) is 5.43 Å². The van der Waals surface area contributed by atoms with Crippen molar-refractivity contribution in [3.05, 3.63) is 57.2 Å². The van der Waals surface area contributed by atoms with Gasteiger partial charge in [0.2, 0.25) is 0 Å². The zero-order valence-corrected chi connectivity index (χ0v) is 12.1. The maximum absolute atomic E-state index is 12.2. The van der Waals surface area contributed by atoms with Crippen LogP contribution in [0.2, 0.25) is 5.02 Å². The lowest BCUT2D eigenvalue weighted by atomic mass is 10.1. The summed E-state index contributed by atoms with van der Waals surface area (Å²) in [5, 5.41) is 19.7. The molecule has 0 aliphatic heterocycles. The van der Waals surface area contributed by atoms with E-state index in [4.69, 9.17) is 21.8 Å². The van der Waals surface area contributed by atoms with E-state index in [1.165, 1.54) is 12.1 Å². The summed E-state index contributed by atoms with van der Waals surface area (Å²) in [5.74, 6) is -0.299. The van der Waals surface area contributed by atoms with Crippen molar-refractivity contribution in [1.82, 2.24) is 0 Å². The highest BCUT2D eigenvalue weighted by Gasteiger charge is 2.14. The Kier molecular flexibility index (Phi) is 3.52. The lowest BCUT2D eigenvalue weighted by molar-refractivity contribution is 0.452. The van der Waals surface area contributed by atoms with Crippen molar-refractivity contribution in [2.24, 2.45) is 5.73 Å². The Morgan fingerprint density at radius 1 is 1.18 bits per heavy atom. The predicted molar refractivity (Wildman–Crippen MR) is 84.2 cm³/mol. The number of halogens is 1. The van der Waals surface area contributed by atoms with Gasteiger partial charge in [-0.15, -0.1) is 0 Å². The SMILES string of the molecule is NCc1cccc(-c2cc(=O)c3c(O)cc(O)cc3o2)c1Cl. The van der Waals surface area contributed by atoms with E-state index in [0.717, 1.165) is 11.6 Å². The topological polar surface area (TPSA) is 96.7 Å². The van der Waals surface area contributed by atoms with Crippen LogP contribution in [-0.4, -0.2) is 10.2 Å². The molecule has 0 aliphatic carbocycles. The Hall–Kier alpha value is -2.50. The highest BCUT2D eigenvalue weighted by Crippen LogP contribution is 2.34. The van der Waals surface area contributed by atoms with Gasteiger partial charge in [0.25, 0.3) is 0 Å². The Balaban J connectivity index is 2.32. The normalized spacial score (nSPS) is 11.0. The van der Waals surface area contributed by atoms with Crippen molar-refractivity contribution in [2.45, 2.75) is 6.54 Å². The smallest absolute Gasteiger partial charge is 0.197 e. The van der Waals surface area contributed by atoms with Gasteiger partial charge >= 0.3 is 0 Å². The second kappa shape index (κ2) is 5.36. The van der Waals surface area contributed by atoms with E-state index in [9.17, 15) is 15.0 Å². The minimum atomic E-state index is -0.428. The third-order valence-electron chi connectivity index (χ3n) is 3.36.